The van der Waals surface area contributed by atoms with Crippen LogP contribution < -0.4 is 10.6 Å². The van der Waals surface area contributed by atoms with Crippen LogP contribution in [0.5, 0.6) is 0 Å². The number of unbranched alkanes of at least 4 members (excludes halogenated alkanes) is 18. The summed E-state index contributed by atoms with van der Waals surface area (Å²) < 4.78 is 33.3. The lowest BCUT2D eigenvalue weighted by Crippen LogP contribution is -2.25. The fraction of sp³-hybridized carbons (Fsp3) is 1.00. The van der Waals surface area contributed by atoms with Crippen molar-refractivity contribution in [1.82, 2.24) is 10.6 Å². The van der Waals surface area contributed by atoms with Crippen LogP contribution in [0, 0.1) is 0 Å². The Labute approximate surface area is 219 Å². The maximum Gasteiger partial charge on any atom is 0.399 e. The van der Waals surface area contributed by atoms with Gasteiger partial charge in [0, 0.05) is 13.1 Å². The Bertz CT molecular complexity index is 465. The SMILES string of the molecule is CCCCCCCCCCCCNCCOS(=O)(=O)OCCNCCCCCCCCCCCC. The maximum absolute atomic E-state index is 11.8. The van der Waals surface area contributed by atoms with Crippen LogP contribution in [-0.4, -0.2) is 47.8 Å². The van der Waals surface area contributed by atoms with E-state index in [-0.39, 0.29) is 13.2 Å². The van der Waals surface area contributed by atoms with Gasteiger partial charge in [0.25, 0.3) is 0 Å². The molecule has 0 heterocycles. The van der Waals surface area contributed by atoms with Crippen LogP contribution in [0.4, 0.5) is 0 Å². The molecular weight excluding hydrogens is 460 g/mol. The molecule has 0 bridgehead atoms. The summed E-state index contributed by atoms with van der Waals surface area (Å²) in [6, 6.07) is 0. The fourth-order valence-corrected chi connectivity index (χ4v) is 4.83. The molecule has 0 fully saturated rings. The van der Waals surface area contributed by atoms with Gasteiger partial charge in [-0.05, 0) is 25.9 Å². The second-order valence-electron chi connectivity index (χ2n) is 9.92. The highest BCUT2D eigenvalue weighted by atomic mass is 32.3. The van der Waals surface area contributed by atoms with Gasteiger partial charge in [-0.3, -0.25) is 0 Å². The van der Waals surface area contributed by atoms with E-state index in [2.05, 4.69) is 24.5 Å². The number of nitrogens with one attached hydrogen (secondary N) is 2. The fourth-order valence-electron chi connectivity index (χ4n) is 4.19. The van der Waals surface area contributed by atoms with E-state index in [1.165, 1.54) is 116 Å². The van der Waals surface area contributed by atoms with Gasteiger partial charge in [-0.2, -0.15) is 8.42 Å². The predicted molar refractivity (Wildman–Crippen MR) is 150 cm³/mol. The van der Waals surface area contributed by atoms with Gasteiger partial charge < -0.3 is 10.6 Å². The molecule has 6 nitrogen and oxygen atoms in total. The lowest BCUT2D eigenvalue weighted by molar-refractivity contribution is 0.215. The molecule has 0 atom stereocenters. The highest BCUT2D eigenvalue weighted by Crippen LogP contribution is 2.11. The molecule has 0 spiro atoms. The Balaban J connectivity index is 3.29. The first-order valence-electron chi connectivity index (χ1n) is 15.1. The van der Waals surface area contributed by atoms with Gasteiger partial charge in [0.15, 0.2) is 0 Å². The molecule has 0 aromatic carbocycles. The second kappa shape index (κ2) is 28.4. The van der Waals surface area contributed by atoms with E-state index in [4.69, 9.17) is 8.37 Å². The minimum absolute atomic E-state index is 0.117. The van der Waals surface area contributed by atoms with E-state index in [0.717, 1.165) is 25.9 Å². The number of hydrogen-bond acceptors (Lipinski definition) is 6. The van der Waals surface area contributed by atoms with E-state index in [0.29, 0.717) is 13.1 Å². The largest absolute Gasteiger partial charge is 0.399 e. The molecule has 7 heteroatoms. The summed E-state index contributed by atoms with van der Waals surface area (Å²) in [7, 11) is -3.89. The highest BCUT2D eigenvalue weighted by Gasteiger charge is 2.10. The normalized spacial score (nSPS) is 11.9. The second-order valence-corrected chi connectivity index (χ2v) is 11.2. The third-order valence-corrected chi connectivity index (χ3v) is 7.34. The van der Waals surface area contributed by atoms with E-state index >= 15 is 0 Å². The molecule has 0 aromatic heterocycles. The zero-order chi connectivity index (χ0) is 25.7. The monoisotopic (exact) mass is 520 g/mol. The molecule has 0 aliphatic carbocycles. The van der Waals surface area contributed by atoms with Crippen molar-refractivity contribution in [3.8, 4) is 0 Å². The third kappa shape index (κ3) is 29.9. The molecule has 35 heavy (non-hydrogen) atoms. The Kier molecular flexibility index (Phi) is 28.2. The van der Waals surface area contributed by atoms with Gasteiger partial charge in [0.1, 0.15) is 0 Å². The van der Waals surface area contributed by atoms with Crippen LogP contribution in [0.2, 0.25) is 0 Å². The van der Waals surface area contributed by atoms with Gasteiger partial charge in [0.2, 0.25) is 0 Å². The van der Waals surface area contributed by atoms with Gasteiger partial charge in [-0.25, -0.2) is 8.37 Å². The predicted octanol–water partition coefficient (Wildman–Crippen LogP) is 7.29. The molecule has 0 unspecified atom stereocenters. The molecule has 0 amide bonds. The number of rotatable bonds is 30. The molecule has 0 aliphatic rings. The van der Waals surface area contributed by atoms with Crippen molar-refractivity contribution >= 4 is 10.4 Å². The van der Waals surface area contributed by atoms with Crippen LogP contribution in [0.3, 0.4) is 0 Å². The average molecular weight is 521 g/mol. The van der Waals surface area contributed by atoms with Crippen molar-refractivity contribution in [3.05, 3.63) is 0 Å². The highest BCUT2D eigenvalue weighted by molar-refractivity contribution is 7.81. The van der Waals surface area contributed by atoms with E-state index in [1.807, 2.05) is 0 Å². The molecule has 0 rings (SSSR count). The van der Waals surface area contributed by atoms with E-state index in [9.17, 15) is 8.42 Å². The van der Waals surface area contributed by atoms with Crippen molar-refractivity contribution in [2.75, 3.05) is 39.4 Å². The first-order chi connectivity index (χ1) is 17.1. The van der Waals surface area contributed by atoms with Crippen molar-refractivity contribution in [1.29, 1.82) is 0 Å². The minimum Gasteiger partial charge on any atom is -0.314 e. The summed E-state index contributed by atoms with van der Waals surface area (Å²) >= 11 is 0. The Morgan fingerprint density at radius 2 is 0.714 bits per heavy atom. The molecule has 0 aromatic rings. The summed E-state index contributed by atoms with van der Waals surface area (Å²) in [4.78, 5) is 0. The summed E-state index contributed by atoms with van der Waals surface area (Å²) in [5, 5.41) is 6.49. The average Bonchev–Trinajstić information content (AvgIpc) is 2.84. The third-order valence-electron chi connectivity index (χ3n) is 6.43. The molecule has 0 radical (unpaired) electrons. The van der Waals surface area contributed by atoms with E-state index in [1.54, 1.807) is 0 Å². The Morgan fingerprint density at radius 1 is 0.429 bits per heavy atom. The van der Waals surface area contributed by atoms with Gasteiger partial charge >= 0.3 is 10.4 Å². The van der Waals surface area contributed by atoms with Crippen LogP contribution in [-0.2, 0) is 18.8 Å². The van der Waals surface area contributed by atoms with Gasteiger partial charge in [-0.15, -0.1) is 0 Å². The lowest BCUT2D eigenvalue weighted by Gasteiger charge is -2.08. The summed E-state index contributed by atoms with van der Waals surface area (Å²) in [6.07, 6.45) is 26.4. The van der Waals surface area contributed by atoms with Crippen LogP contribution in [0.25, 0.3) is 0 Å². The maximum atomic E-state index is 11.8. The minimum atomic E-state index is -3.89. The molecule has 212 valence electrons. The van der Waals surface area contributed by atoms with Crippen LogP contribution in [0.15, 0.2) is 0 Å². The molecule has 0 saturated heterocycles. The van der Waals surface area contributed by atoms with Gasteiger partial charge in [0.05, 0.1) is 13.2 Å². The van der Waals surface area contributed by atoms with Crippen molar-refractivity contribution in [3.63, 3.8) is 0 Å². The Hall–Kier alpha value is -0.210. The molecule has 0 saturated carbocycles. The lowest BCUT2D eigenvalue weighted by atomic mass is 10.1. The zero-order valence-corrected chi connectivity index (χ0v) is 24.2. The quantitative estimate of drug-likeness (QED) is 0.0969. The van der Waals surface area contributed by atoms with Crippen LogP contribution in [0.1, 0.15) is 142 Å². The first kappa shape index (κ1) is 34.8. The van der Waals surface area contributed by atoms with Gasteiger partial charge in [-0.1, -0.05) is 129 Å². The molecule has 0 aliphatic heterocycles. The Morgan fingerprint density at radius 3 is 1.03 bits per heavy atom. The standard InChI is InChI=1S/C28H60N2O4S/c1-3-5-7-9-11-13-15-17-19-21-23-29-25-27-33-35(31,32)34-28-26-30-24-22-20-18-16-14-12-10-8-6-4-2/h29-30H,3-28H2,1-2H3. The summed E-state index contributed by atoms with van der Waals surface area (Å²) in [6.45, 7) is 7.61. The zero-order valence-electron chi connectivity index (χ0n) is 23.4. The topological polar surface area (TPSA) is 76.7 Å². The van der Waals surface area contributed by atoms with Crippen LogP contribution >= 0.6 is 0 Å². The summed E-state index contributed by atoms with van der Waals surface area (Å²) in [5.41, 5.74) is 0. The van der Waals surface area contributed by atoms with Crippen molar-refractivity contribution < 1.29 is 16.8 Å². The number of hydrogen-bond donors (Lipinski definition) is 2. The first-order valence-corrected chi connectivity index (χ1v) is 16.4. The van der Waals surface area contributed by atoms with Crippen molar-refractivity contribution in [2.24, 2.45) is 0 Å². The smallest absolute Gasteiger partial charge is 0.314 e. The molecular formula is C28H60N2O4S. The van der Waals surface area contributed by atoms with Crippen molar-refractivity contribution in [2.45, 2.75) is 142 Å². The van der Waals surface area contributed by atoms with E-state index < -0.39 is 10.4 Å². The summed E-state index contributed by atoms with van der Waals surface area (Å²) in [5.74, 6) is 0. The molecule has 2 N–H and O–H groups in total.